The molecule has 3 heterocycles. The molecule has 1 saturated heterocycles. The first-order valence-electron chi connectivity index (χ1n) is 11.6. The van der Waals surface area contributed by atoms with Gasteiger partial charge in [0.1, 0.15) is 0 Å². The number of alkyl halides is 6. The number of hydrogen-bond donors (Lipinski definition) is 1. The summed E-state index contributed by atoms with van der Waals surface area (Å²) < 4.78 is 86.1. The molecular formula is C25H18F6N4O4S. The summed E-state index contributed by atoms with van der Waals surface area (Å²) in [4.78, 5) is 29.7. The fourth-order valence-corrected chi connectivity index (χ4v) is 5.24. The molecule has 15 heteroatoms. The van der Waals surface area contributed by atoms with Gasteiger partial charge < -0.3 is 14.7 Å². The van der Waals surface area contributed by atoms with E-state index in [1.54, 1.807) is 29.2 Å². The van der Waals surface area contributed by atoms with E-state index in [0.29, 0.717) is 39.2 Å². The molecule has 1 aromatic heterocycles. The van der Waals surface area contributed by atoms with Crippen molar-refractivity contribution in [2.45, 2.75) is 25.0 Å². The van der Waals surface area contributed by atoms with E-state index >= 15 is 0 Å². The molecule has 0 aliphatic carbocycles. The van der Waals surface area contributed by atoms with E-state index in [9.17, 15) is 41.0 Å². The van der Waals surface area contributed by atoms with E-state index in [0.717, 1.165) is 17.8 Å². The second kappa shape index (κ2) is 10.3. The van der Waals surface area contributed by atoms with E-state index in [-0.39, 0.29) is 24.8 Å². The number of aromatic nitrogens is 2. The molecule has 0 radical (unpaired) electrons. The zero-order valence-corrected chi connectivity index (χ0v) is 21.0. The van der Waals surface area contributed by atoms with Crippen LogP contribution in [-0.4, -0.2) is 62.6 Å². The van der Waals surface area contributed by atoms with Crippen molar-refractivity contribution in [2.75, 3.05) is 19.7 Å². The van der Waals surface area contributed by atoms with Crippen LogP contribution in [0.15, 0.2) is 52.5 Å². The van der Waals surface area contributed by atoms with Gasteiger partial charge in [0.15, 0.2) is 11.3 Å². The van der Waals surface area contributed by atoms with Gasteiger partial charge >= 0.3 is 18.3 Å². The SMILES string of the molecule is O=C1N=C(N2CCOC(C(=O)O)C2)S/C1=C/c1ccc2c(cnn2Cc2ccc(C(F)(F)F)cc2C(F)(F)F)c1. The minimum atomic E-state index is -5.00. The third-order valence-electron chi connectivity index (χ3n) is 6.25. The standard InChI is InChI=1S/C25H18F6N4O4S/c26-24(27,28)16-3-2-14(17(9-16)25(29,30)31)11-35-18-4-1-13(7-15(18)10-32-35)8-20-21(36)33-23(40-20)34-5-6-39-19(12-34)22(37)38/h1-4,7-10,19H,5-6,11-12H2,(H,37,38)/b20-8+. The zero-order valence-electron chi connectivity index (χ0n) is 20.2. The number of benzene rings is 2. The van der Waals surface area contributed by atoms with Gasteiger partial charge in [0.2, 0.25) is 0 Å². The number of hydrogen-bond acceptors (Lipinski definition) is 6. The molecule has 1 N–H and O–H groups in total. The van der Waals surface area contributed by atoms with Crippen LogP contribution < -0.4 is 0 Å². The Bertz CT molecular complexity index is 1560. The number of halogens is 6. The average Bonchev–Trinajstić information content (AvgIpc) is 3.45. The van der Waals surface area contributed by atoms with Crippen LogP contribution in [0.25, 0.3) is 17.0 Å². The van der Waals surface area contributed by atoms with Crippen LogP contribution in [0.5, 0.6) is 0 Å². The van der Waals surface area contributed by atoms with E-state index < -0.39 is 48.0 Å². The fraction of sp³-hybridized carbons (Fsp3) is 0.280. The first-order valence-corrected chi connectivity index (χ1v) is 12.5. The molecule has 2 aliphatic rings. The third kappa shape index (κ3) is 5.70. The largest absolute Gasteiger partial charge is 0.479 e. The Balaban J connectivity index is 1.36. The highest BCUT2D eigenvalue weighted by atomic mass is 32.2. The molecule has 1 fully saturated rings. The molecule has 0 saturated carbocycles. The fourth-order valence-electron chi connectivity index (χ4n) is 4.29. The number of carboxylic acid groups (broad SMARTS) is 1. The first-order chi connectivity index (χ1) is 18.8. The molecule has 8 nitrogen and oxygen atoms in total. The highest BCUT2D eigenvalue weighted by molar-refractivity contribution is 8.18. The zero-order chi connectivity index (χ0) is 28.8. The number of amides is 1. The summed E-state index contributed by atoms with van der Waals surface area (Å²) in [6.45, 7) is 0.166. The minimum absolute atomic E-state index is 0.0435. The number of carboxylic acids is 1. The highest BCUT2D eigenvalue weighted by Gasteiger charge is 2.38. The molecule has 1 unspecified atom stereocenters. The number of aliphatic imine (C=N–C) groups is 1. The number of carbonyl (C=O) groups excluding carboxylic acids is 1. The lowest BCUT2D eigenvalue weighted by Crippen LogP contribution is -2.47. The predicted octanol–water partition coefficient (Wildman–Crippen LogP) is 4.88. The molecule has 2 aliphatic heterocycles. The molecule has 3 aromatic rings. The van der Waals surface area contributed by atoms with Gasteiger partial charge in [-0.3, -0.25) is 9.48 Å². The lowest BCUT2D eigenvalue weighted by molar-refractivity contribution is -0.154. The summed E-state index contributed by atoms with van der Waals surface area (Å²) in [6.07, 6.45) is -7.97. The van der Waals surface area contributed by atoms with Crippen molar-refractivity contribution in [3.05, 3.63) is 69.8 Å². The number of morpholine rings is 1. The maximum atomic E-state index is 13.6. The van der Waals surface area contributed by atoms with E-state index in [1.807, 2.05) is 0 Å². The van der Waals surface area contributed by atoms with Crippen molar-refractivity contribution < 1.29 is 45.8 Å². The van der Waals surface area contributed by atoms with Crippen molar-refractivity contribution in [1.82, 2.24) is 14.7 Å². The summed E-state index contributed by atoms with van der Waals surface area (Å²) in [5.74, 6) is -1.62. The molecule has 0 bridgehead atoms. The van der Waals surface area contributed by atoms with Gasteiger partial charge in [-0.15, -0.1) is 0 Å². The topological polar surface area (TPSA) is 97.0 Å². The van der Waals surface area contributed by atoms with Gasteiger partial charge in [-0.2, -0.15) is 36.4 Å². The van der Waals surface area contributed by atoms with Crippen LogP contribution in [0, 0.1) is 0 Å². The van der Waals surface area contributed by atoms with Crippen molar-refractivity contribution in [3.63, 3.8) is 0 Å². The van der Waals surface area contributed by atoms with Crippen molar-refractivity contribution in [1.29, 1.82) is 0 Å². The Morgan fingerprint density at radius 1 is 1.12 bits per heavy atom. The maximum absolute atomic E-state index is 13.6. The number of aliphatic carboxylic acids is 1. The van der Waals surface area contributed by atoms with Crippen LogP contribution in [0.3, 0.4) is 0 Å². The number of nitrogens with zero attached hydrogens (tertiary/aromatic N) is 4. The minimum Gasteiger partial charge on any atom is -0.479 e. The lowest BCUT2D eigenvalue weighted by Gasteiger charge is -2.31. The number of amidine groups is 1. The summed E-state index contributed by atoms with van der Waals surface area (Å²) in [6, 6.07) is 6.35. The Morgan fingerprint density at radius 2 is 1.90 bits per heavy atom. The van der Waals surface area contributed by atoms with Crippen molar-refractivity contribution in [2.24, 2.45) is 4.99 Å². The molecule has 210 valence electrons. The predicted molar refractivity (Wildman–Crippen MR) is 132 cm³/mol. The third-order valence-corrected chi connectivity index (χ3v) is 7.29. The van der Waals surface area contributed by atoms with Crippen molar-refractivity contribution >= 4 is 45.8 Å². The monoisotopic (exact) mass is 584 g/mol. The summed E-state index contributed by atoms with van der Waals surface area (Å²) in [5.41, 5.74) is -2.15. The molecular weight excluding hydrogens is 566 g/mol. The average molecular weight is 584 g/mol. The smallest absolute Gasteiger partial charge is 0.416 e. The molecule has 5 rings (SSSR count). The van der Waals surface area contributed by atoms with Gasteiger partial charge in [0.25, 0.3) is 5.91 Å². The normalized spacial score (nSPS) is 19.5. The van der Waals surface area contributed by atoms with Crippen LogP contribution in [0.2, 0.25) is 0 Å². The number of carbonyl (C=O) groups is 2. The van der Waals surface area contributed by atoms with Crippen LogP contribution in [0.4, 0.5) is 26.3 Å². The van der Waals surface area contributed by atoms with Crippen LogP contribution >= 0.6 is 11.8 Å². The van der Waals surface area contributed by atoms with E-state index in [1.165, 1.54) is 10.9 Å². The van der Waals surface area contributed by atoms with Gasteiger partial charge in [0, 0.05) is 11.9 Å². The number of thioether (sulfide) groups is 1. The second-order valence-corrected chi connectivity index (χ2v) is 9.95. The number of rotatable bonds is 4. The lowest BCUT2D eigenvalue weighted by atomic mass is 10.0. The summed E-state index contributed by atoms with van der Waals surface area (Å²) in [5, 5.41) is 14.2. The van der Waals surface area contributed by atoms with E-state index in [4.69, 9.17) is 4.74 Å². The quantitative estimate of drug-likeness (QED) is 0.345. The van der Waals surface area contributed by atoms with Gasteiger partial charge in [0.05, 0.1) is 47.4 Å². The van der Waals surface area contributed by atoms with Gasteiger partial charge in [-0.1, -0.05) is 12.1 Å². The Kier molecular flexibility index (Phi) is 7.12. The molecule has 2 aromatic carbocycles. The molecule has 0 spiro atoms. The highest BCUT2D eigenvalue weighted by Crippen LogP contribution is 2.38. The Labute approximate surface area is 225 Å². The number of fused-ring (bicyclic) bond motifs is 1. The molecule has 1 atom stereocenters. The summed E-state index contributed by atoms with van der Waals surface area (Å²) >= 11 is 1.08. The number of ether oxygens (including phenoxy) is 1. The van der Waals surface area contributed by atoms with Crippen LogP contribution in [-0.2, 0) is 33.2 Å². The van der Waals surface area contributed by atoms with Gasteiger partial charge in [-0.25, -0.2) is 4.79 Å². The Morgan fingerprint density at radius 3 is 2.60 bits per heavy atom. The van der Waals surface area contributed by atoms with Crippen LogP contribution in [0.1, 0.15) is 22.3 Å². The first kappa shape index (κ1) is 27.7. The maximum Gasteiger partial charge on any atom is 0.416 e. The summed E-state index contributed by atoms with van der Waals surface area (Å²) in [7, 11) is 0. The van der Waals surface area contributed by atoms with Crippen molar-refractivity contribution in [3.8, 4) is 0 Å². The Hall–Kier alpha value is -3.85. The second-order valence-electron chi connectivity index (χ2n) is 8.94. The molecule has 1 amide bonds. The van der Waals surface area contributed by atoms with Gasteiger partial charge in [-0.05, 0) is 53.2 Å². The van der Waals surface area contributed by atoms with E-state index in [2.05, 4.69) is 10.1 Å². The molecule has 40 heavy (non-hydrogen) atoms.